The summed E-state index contributed by atoms with van der Waals surface area (Å²) in [4.78, 5) is 22.3. The molecule has 29 heavy (non-hydrogen) atoms. The van der Waals surface area contributed by atoms with Gasteiger partial charge in [0.2, 0.25) is 0 Å². The molecule has 5 rings (SSSR count). The van der Waals surface area contributed by atoms with Crippen molar-refractivity contribution in [1.82, 2.24) is 14.8 Å². The normalized spacial score (nSPS) is 22.1. The summed E-state index contributed by atoms with van der Waals surface area (Å²) in [5.74, 6) is 0.324. The number of hydrogen-bond acceptors (Lipinski definition) is 7. The standard InChI is InChI=1S/C21H27N5O3/c1-2-26-20-17(13-23-26)19(24-14-5-9-28-10-6-14)16(12-22-20)18-11-21(29-25-18)7-3-15(27)4-8-21/h12-14H,2-11H2,1H3,(H,22,24). The van der Waals surface area contributed by atoms with E-state index in [1.165, 1.54) is 0 Å². The minimum atomic E-state index is -0.332. The molecular formula is C21H27N5O3. The number of pyridine rings is 1. The van der Waals surface area contributed by atoms with Crippen LogP contribution in [0.3, 0.4) is 0 Å². The highest BCUT2D eigenvalue weighted by Crippen LogP contribution is 2.40. The van der Waals surface area contributed by atoms with Crippen LogP contribution in [-0.4, -0.2) is 51.1 Å². The highest BCUT2D eigenvalue weighted by molar-refractivity contribution is 6.10. The van der Waals surface area contributed by atoms with Gasteiger partial charge in [0.25, 0.3) is 0 Å². The van der Waals surface area contributed by atoms with Gasteiger partial charge in [-0.2, -0.15) is 5.10 Å². The van der Waals surface area contributed by atoms with Gasteiger partial charge in [-0.3, -0.25) is 4.79 Å². The molecule has 1 aliphatic carbocycles. The zero-order chi connectivity index (χ0) is 19.8. The van der Waals surface area contributed by atoms with Crippen LogP contribution in [-0.2, 0) is 20.9 Å². The second kappa shape index (κ2) is 7.40. The lowest BCUT2D eigenvalue weighted by molar-refractivity contribution is -0.127. The average Bonchev–Trinajstić information content (AvgIpc) is 3.36. The van der Waals surface area contributed by atoms with Crippen molar-refractivity contribution in [1.29, 1.82) is 0 Å². The van der Waals surface area contributed by atoms with E-state index in [0.29, 0.717) is 24.7 Å². The fraction of sp³-hybridized carbons (Fsp3) is 0.619. The molecule has 1 saturated carbocycles. The highest BCUT2D eigenvalue weighted by atomic mass is 16.7. The minimum Gasteiger partial charge on any atom is -0.389 e. The maximum absolute atomic E-state index is 11.7. The predicted molar refractivity (Wildman–Crippen MR) is 109 cm³/mol. The summed E-state index contributed by atoms with van der Waals surface area (Å²) in [6, 6.07) is 0.349. The number of ether oxygens (including phenoxy) is 1. The molecule has 2 fully saturated rings. The van der Waals surface area contributed by atoms with Crippen molar-refractivity contribution in [2.45, 2.75) is 70.1 Å². The first kappa shape index (κ1) is 18.5. The fourth-order valence-corrected chi connectivity index (χ4v) is 4.60. The van der Waals surface area contributed by atoms with Crippen LogP contribution in [0.25, 0.3) is 11.0 Å². The SMILES string of the molecule is CCn1ncc2c(NC3CCOCC3)c(C3=NOC4(CCC(=O)CC4)C3)cnc21. The van der Waals surface area contributed by atoms with Gasteiger partial charge < -0.3 is 14.9 Å². The number of carbonyl (C=O) groups is 1. The van der Waals surface area contributed by atoms with E-state index in [4.69, 9.17) is 14.6 Å². The number of aryl methyl sites for hydroxylation is 1. The maximum Gasteiger partial charge on any atom is 0.159 e. The number of fused-ring (bicyclic) bond motifs is 1. The molecule has 0 atom stereocenters. The number of nitrogens with zero attached hydrogens (tertiary/aromatic N) is 4. The Morgan fingerprint density at radius 1 is 1.24 bits per heavy atom. The number of ketones is 1. The number of carbonyl (C=O) groups excluding carboxylic acids is 1. The van der Waals surface area contributed by atoms with Crippen LogP contribution >= 0.6 is 0 Å². The maximum atomic E-state index is 11.7. The number of rotatable bonds is 4. The molecule has 8 nitrogen and oxygen atoms in total. The van der Waals surface area contributed by atoms with Gasteiger partial charge in [-0.15, -0.1) is 0 Å². The van der Waals surface area contributed by atoms with E-state index in [1.54, 1.807) is 0 Å². The van der Waals surface area contributed by atoms with E-state index in [9.17, 15) is 4.79 Å². The number of hydrogen-bond donors (Lipinski definition) is 1. The van der Waals surface area contributed by atoms with E-state index in [2.05, 4.69) is 22.5 Å². The average molecular weight is 397 g/mol. The van der Waals surface area contributed by atoms with Crippen molar-refractivity contribution >= 4 is 28.2 Å². The molecule has 1 spiro atoms. The molecule has 0 bridgehead atoms. The summed E-state index contributed by atoms with van der Waals surface area (Å²) < 4.78 is 7.43. The van der Waals surface area contributed by atoms with Crippen LogP contribution in [0, 0.1) is 0 Å². The molecule has 154 valence electrons. The van der Waals surface area contributed by atoms with E-state index >= 15 is 0 Å². The summed E-state index contributed by atoms with van der Waals surface area (Å²) in [6.07, 6.45) is 9.09. The zero-order valence-electron chi connectivity index (χ0n) is 16.8. The Morgan fingerprint density at radius 2 is 2.03 bits per heavy atom. The van der Waals surface area contributed by atoms with Gasteiger partial charge in [-0.05, 0) is 32.6 Å². The molecule has 0 amide bonds. The van der Waals surface area contributed by atoms with E-state index in [0.717, 1.165) is 79.9 Å². The van der Waals surface area contributed by atoms with Crippen molar-refractivity contribution in [3.8, 4) is 0 Å². The van der Waals surface area contributed by atoms with Crippen LogP contribution in [0.1, 0.15) is 57.4 Å². The molecule has 2 aliphatic heterocycles. The molecule has 0 unspecified atom stereocenters. The van der Waals surface area contributed by atoms with Crippen molar-refractivity contribution < 1.29 is 14.4 Å². The molecule has 4 heterocycles. The minimum absolute atomic E-state index is 0.324. The van der Waals surface area contributed by atoms with Crippen LogP contribution < -0.4 is 5.32 Å². The van der Waals surface area contributed by atoms with Gasteiger partial charge in [-0.25, -0.2) is 9.67 Å². The topological polar surface area (TPSA) is 90.6 Å². The van der Waals surface area contributed by atoms with Crippen LogP contribution in [0.2, 0.25) is 0 Å². The zero-order valence-corrected chi connectivity index (χ0v) is 16.8. The predicted octanol–water partition coefficient (Wildman–Crippen LogP) is 3.05. The highest BCUT2D eigenvalue weighted by Gasteiger charge is 2.43. The third-order valence-corrected chi connectivity index (χ3v) is 6.40. The number of oxime groups is 1. The Balaban J connectivity index is 1.49. The Kier molecular flexibility index (Phi) is 4.73. The molecule has 1 N–H and O–H groups in total. The Labute approximate surface area is 169 Å². The third-order valence-electron chi connectivity index (χ3n) is 6.40. The molecular weight excluding hydrogens is 370 g/mol. The summed E-state index contributed by atoms with van der Waals surface area (Å²) >= 11 is 0. The number of anilines is 1. The molecule has 2 aromatic heterocycles. The van der Waals surface area contributed by atoms with Crippen LogP contribution in [0.5, 0.6) is 0 Å². The second-order valence-electron chi connectivity index (χ2n) is 8.30. The Hall–Kier alpha value is -2.48. The van der Waals surface area contributed by atoms with Crippen molar-refractivity contribution in [3.63, 3.8) is 0 Å². The molecule has 0 aromatic carbocycles. The van der Waals surface area contributed by atoms with Crippen molar-refractivity contribution in [2.75, 3.05) is 18.5 Å². The monoisotopic (exact) mass is 397 g/mol. The Morgan fingerprint density at radius 3 is 2.79 bits per heavy atom. The number of aromatic nitrogens is 3. The summed E-state index contributed by atoms with van der Waals surface area (Å²) in [5, 5.41) is 13.7. The van der Waals surface area contributed by atoms with E-state index in [1.807, 2.05) is 17.1 Å². The van der Waals surface area contributed by atoms with Gasteiger partial charge >= 0.3 is 0 Å². The summed E-state index contributed by atoms with van der Waals surface area (Å²) in [7, 11) is 0. The Bertz CT molecular complexity index is 951. The van der Waals surface area contributed by atoms with Crippen molar-refractivity contribution in [2.24, 2.45) is 5.16 Å². The molecule has 1 saturated heterocycles. The van der Waals surface area contributed by atoms with Gasteiger partial charge in [0.15, 0.2) is 5.65 Å². The van der Waals surface area contributed by atoms with Gasteiger partial charge in [-0.1, -0.05) is 5.16 Å². The molecule has 0 radical (unpaired) electrons. The lowest BCUT2D eigenvalue weighted by Crippen LogP contribution is -2.34. The molecule has 2 aromatic rings. The quantitative estimate of drug-likeness (QED) is 0.853. The number of nitrogens with one attached hydrogen (secondary N) is 1. The first-order valence-corrected chi connectivity index (χ1v) is 10.6. The van der Waals surface area contributed by atoms with Crippen LogP contribution in [0.4, 0.5) is 5.69 Å². The lowest BCUT2D eigenvalue weighted by atomic mass is 9.80. The van der Waals surface area contributed by atoms with E-state index < -0.39 is 0 Å². The molecule has 8 heteroatoms. The smallest absolute Gasteiger partial charge is 0.159 e. The van der Waals surface area contributed by atoms with Crippen LogP contribution in [0.15, 0.2) is 17.5 Å². The molecule has 3 aliphatic rings. The van der Waals surface area contributed by atoms with Gasteiger partial charge in [0.05, 0.1) is 23.0 Å². The lowest BCUT2D eigenvalue weighted by Gasteiger charge is -2.30. The number of Topliss-reactive ketones (excluding diaryl/α,β-unsaturated/α-hetero) is 1. The van der Waals surface area contributed by atoms with E-state index in [-0.39, 0.29) is 5.60 Å². The first-order chi connectivity index (χ1) is 14.2. The van der Waals surface area contributed by atoms with Gasteiger partial charge in [0.1, 0.15) is 11.4 Å². The van der Waals surface area contributed by atoms with Crippen molar-refractivity contribution in [3.05, 3.63) is 18.0 Å². The first-order valence-electron chi connectivity index (χ1n) is 10.6. The second-order valence-corrected chi connectivity index (χ2v) is 8.30. The van der Waals surface area contributed by atoms with Gasteiger partial charge in [0, 0.05) is 56.8 Å². The summed E-state index contributed by atoms with van der Waals surface area (Å²) in [5.41, 5.74) is 3.47. The third kappa shape index (κ3) is 3.39. The fourth-order valence-electron chi connectivity index (χ4n) is 4.60. The largest absolute Gasteiger partial charge is 0.389 e. The summed E-state index contributed by atoms with van der Waals surface area (Å²) in [6.45, 7) is 4.39.